The topological polar surface area (TPSA) is 213 Å². The van der Waals surface area contributed by atoms with Crippen molar-refractivity contribution in [1.82, 2.24) is 5.32 Å². The van der Waals surface area contributed by atoms with E-state index < -0.39 is 24.3 Å². The van der Waals surface area contributed by atoms with E-state index in [9.17, 15) is 31.1 Å². The standard InChI is InChI=1S/C19H21N5O2.2C2HF3O2/c20-18(21)14-7-4-13(5-8-14)6-9-17(25)24-10-11-26-16-3-1-2-15(12-16)19(22)23;2*3-2(4,5)1(6)7/h1-9,12H,10-11H2,(H3,20,21)(H3,22,23)(H,24,25);2*(H,6,7)/b9-6+;;. The highest BCUT2D eigenvalue weighted by molar-refractivity contribution is 5.96. The van der Waals surface area contributed by atoms with Gasteiger partial charge < -0.3 is 31.7 Å². The zero-order chi connectivity index (χ0) is 31.1. The molecule has 0 aromatic heterocycles. The number of ether oxygens (including phenoxy) is 1. The molecule has 17 heteroatoms. The van der Waals surface area contributed by atoms with Gasteiger partial charge in [-0.15, -0.1) is 0 Å². The second-order valence-corrected chi connectivity index (χ2v) is 7.06. The van der Waals surface area contributed by atoms with Gasteiger partial charge in [0.2, 0.25) is 5.91 Å². The molecule has 0 heterocycles. The number of halogens is 6. The number of carbonyl (C=O) groups excluding carboxylic acids is 1. The number of nitrogens with two attached hydrogens (primary N) is 2. The third-order valence-electron chi connectivity index (χ3n) is 3.95. The Morgan fingerprint density at radius 3 is 1.75 bits per heavy atom. The van der Waals surface area contributed by atoms with Crippen molar-refractivity contribution < 1.29 is 55.7 Å². The Kier molecular flexibility index (Phi) is 14.0. The summed E-state index contributed by atoms with van der Waals surface area (Å²) >= 11 is 0. The number of hydrogen-bond acceptors (Lipinski definition) is 6. The number of nitrogen functional groups attached to an aromatic ring is 2. The molecule has 218 valence electrons. The van der Waals surface area contributed by atoms with Crippen molar-refractivity contribution in [3.05, 3.63) is 71.3 Å². The second kappa shape index (κ2) is 16.0. The van der Waals surface area contributed by atoms with Crippen LogP contribution in [0.2, 0.25) is 0 Å². The predicted octanol–water partition coefficient (Wildman–Crippen LogP) is 2.73. The van der Waals surface area contributed by atoms with Crippen LogP contribution < -0.4 is 21.5 Å². The van der Waals surface area contributed by atoms with Crippen molar-refractivity contribution in [3.63, 3.8) is 0 Å². The summed E-state index contributed by atoms with van der Waals surface area (Å²) in [5, 5.41) is 31.7. The highest BCUT2D eigenvalue weighted by Crippen LogP contribution is 2.14. The summed E-state index contributed by atoms with van der Waals surface area (Å²) in [7, 11) is 0. The molecule has 2 rings (SSSR count). The Labute approximate surface area is 222 Å². The molecule has 0 saturated heterocycles. The molecule has 0 aliphatic rings. The van der Waals surface area contributed by atoms with Crippen LogP contribution in [-0.4, -0.2) is 65.2 Å². The molecular weight excluding hydrogens is 556 g/mol. The highest BCUT2D eigenvalue weighted by Gasteiger charge is 2.38. The molecule has 0 atom stereocenters. The van der Waals surface area contributed by atoms with E-state index in [2.05, 4.69) is 5.32 Å². The minimum absolute atomic E-state index is 0.00659. The maximum Gasteiger partial charge on any atom is 0.490 e. The van der Waals surface area contributed by atoms with E-state index in [4.69, 9.17) is 46.8 Å². The Morgan fingerprint density at radius 2 is 1.32 bits per heavy atom. The van der Waals surface area contributed by atoms with E-state index in [0.29, 0.717) is 30.0 Å². The molecule has 0 fully saturated rings. The molecule has 40 heavy (non-hydrogen) atoms. The third kappa shape index (κ3) is 15.2. The van der Waals surface area contributed by atoms with E-state index >= 15 is 0 Å². The first-order chi connectivity index (χ1) is 18.3. The number of rotatable bonds is 8. The number of carboxylic acids is 2. The largest absolute Gasteiger partial charge is 0.492 e. The van der Waals surface area contributed by atoms with Gasteiger partial charge in [-0.1, -0.05) is 36.4 Å². The molecule has 0 bridgehead atoms. The molecule has 1 amide bonds. The van der Waals surface area contributed by atoms with Gasteiger partial charge in [-0.2, -0.15) is 26.3 Å². The zero-order valence-electron chi connectivity index (χ0n) is 20.1. The maximum atomic E-state index is 11.8. The quantitative estimate of drug-likeness (QED) is 0.0810. The van der Waals surface area contributed by atoms with Crippen LogP contribution in [0.3, 0.4) is 0 Å². The lowest BCUT2D eigenvalue weighted by molar-refractivity contribution is -0.193. The van der Waals surface area contributed by atoms with Crippen LogP contribution in [0.25, 0.3) is 6.08 Å². The first kappa shape index (κ1) is 34.9. The lowest BCUT2D eigenvalue weighted by atomic mass is 10.1. The van der Waals surface area contributed by atoms with Gasteiger partial charge in [-0.3, -0.25) is 15.6 Å². The minimum Gasteiger partial charge on any atom is -0.492 e. The molecule has 11 nitrogen and oxygen atoms in total. The van der Waals surface area contributed by atoms with Gasteiger partial charge in [-0.05, 0) is 23.8 Å². The Morgan fingerprint density at radius 1 is 0.850 bits per heavy atom. The number of amides is 1. The summed E-state index contributed by atoms with van der Waals surface area (Å²) in [6, 6.07) is 13.9. The molecule has 2 aromatic carbocycles. The van der Waals surface area contributed by atoms with Crippen molar-refractivity contribution in [2.24, 2.45) is 11.5 Å². The summed E-state index contributed by atoms with van der Waals surface area (Å²) in [6.07, 6.45) is -7.06. The van der Waals surface area contributed by atoms with Crippen molar-refractivity contribution >= 4 is 35.6 Å². The fourth-order valence-electron chi connectivity index (χ4n) is 2.10. The number of carboxylic acid groups (broad SMARTS) is 2. The number of alkyl halides is 6. The fraction of sp³-hybridized carbons (Fsp3) is 0.174. The molecule has 0 unspecified atom stereocenters. The molecule has 0 aliphatic heterocycles. The highest BCUT2D eigenvalue weighted by atomic mass is 19.4. The van der Waals surface area contributed by atoms with Crippen molar-refractivity contribution in [3.8, 4) is 5.75 Å². The number of nitrogens with one attached hydrogen (secondary N) is 3. The van der Waals surface area contributed by atoms with Crippen LogP contribution in [-0.2, 0) is 14.4 Å². The van der Waals surface area contributed by atoms with Gasteiger partial charge in [0.1, 0.15) is 24.0 Å². The summed E-state index contributed by atoms with van der Waals surface area (Å²) in [5.74, 6) is -5.17. The molecule has 0 spiro atoms. The van der Waals surface area contributed by atoms with Gasteiger partial charge in [-0.25, -0.2) is 9.59 Å². The predicted molar refractivity (Wildman–Crippen MR) is 130 cm³/mol. The van der Waals surface area contributed by atoms with Gasteiger partial charge >= 0.3 is 24.3 Å². The first-order valence-electron chi connectivity index (χ1n) is 10.4. The smallest absolute Gasteiger partial charge is 0.490 e. The normalized spacial score (nSPS) is 10.8. The van der Waals surface area contributed by atoms with Crippen LogP contribution >= 0.6 is 0 Å². The SMILES string of the molecule is N=C(N)c1ccc(/C=C/C(=O)NCCOc2cccc(C(=N)N)c2)cc1.O=C(O)C(F)(F)F.O=C(O)C(F)(F)F. The van der Waals surface area contributed by atoms with Crippen molar-refractivity contribution in [1.29, 1.82) is 10.8 Å². The summed E-state index contributed by atoms with van der Waals surface area (Å²) < 4.78 is 69.0. The van der Waals surface area contributed by atoms with Crippen LogP contribution in [0.5, 0.6) is 5.75 Å². The fourth-order valence-corrected chi connectivity index (χ4v) is 2.10. The molecule has 0 saturated carbocycles. The van der Waals surface area contributed by atoms with Crippen LogP contribution in [0, 0.1) is 10.8 Å². The third-order valence-corrected chi connectivity index (χ3v) is 3.95. The number of hydrogen-bond donors (Lipinski definition) is 7. The monoisotopic (exact) mass is 579 g/mol. The molecule has 2 aromatic rings. The molecule has 9 N–H and O–H groups in total. The molecular formula is C23H23F6N5O6. The maximum absolute atomic E-state index is 11.8. The van der Waals surface area contributed by atoms with E-state index in [-0.39, 0.29) is 17.6 Å². The van der Waals surface area contributed by atoms with Crippen LogP contribution in [0.15, 0.2) is 54.6 Å². The van der Waals surface area contributed by atoms with E-state index in [1.165, 1.54) is 6.08 Å². The van der Waals surface area contributed by atoms with E-state index in [0.717, 1.165) is 5.56 Å². The van der Waals surface area contributed by atoms with Crippen LogP contribution in [0.1, 0.15) is 16.7 Å². The summed E-state index contributed by atoms with van der Waals surface area (Å²) in [6.45, 7) is 0.644. The average molecular weight is 579 g/mol. The number of benzene rings is 2. The summed E-state index contributed by atoms with van der Waals surface area (Å²) in [5.41, 5.74) is 12.9. The van der Waals surface area contributed by atoms with Crippen LogP contribution in [0.4, 0.5) is 26.3 Å². The lowest BCUT2D eigenvalue weighted by Gasteiger charge is -2.08. The molecule has 0 aliphatic carbocycles. The first-order valence-corrected chi connectivity index (χ1v) is 10.4. The Bertz CT molecular complexity index is 1190. The Hall–Kier alpha value is -5.09. The Balaban J connectivity index is 0.000000894. The molecule has 0 radical (unpaired) electrons. The van der Waals surface area contributed by atoms with Gasteiger partial charge in [0.15, 0.2) is 0 Å². The van der Waals surface area contributed by atoms with E-state index in [1.807, 2.05) is 0 Å². The minimum atomic E-state index is -5.08. The van der Waals surface area contributed by atoms with Gasteiger partial charge in [0.05, 0.1) is 6.54 Å². The van der Waals surface area contributed by atoms with Gasteiger partial charge in [0, 0.05) is 17.2 Å². The zero-order valence-corrected chi connectivity index (χ0v) is 20.1. The number of amidine groups is 2. The van der Waals surface area contributed by atoms with Gasteiger partial charge in [0.25, 0.3) is 0 Å². The number of carbonyl (C=O) groups is 3. The summed E-state index contributed by atoms with van der Waals surface area (Å²) in [4.78, 5) is 29.6. The lowest BCUT2D eigenvalue weighted by Crippen LogP contribution is -2.26. The average Bonchev–Trinajstić information content (AvgIpc) is 2.85. The number of aliphatic carboxylic acids is 2. The second-order valence-electron chi connectivity index (χ2n) is 7.06. The van der Waals surface area contributed by atoms with Crippen molar-refractivity contribution in [2.45, 2.75) is 12.4 Å². The van der Waals surface area contributed by atoms with Crippen molar-refractivity contribution in [2.75, 3.05) is 13.2 Å². The van der Waals surface area contributed by atoms with E-state index in [1.54, 1.807) is 54.6 Å².